The van der Waals surface area contributed by atoms with Crippen molar-refractivity contribution in [3.8, 4) is 0 Å². The number of fused-ring (bicyclic) bond motifs is 1. The van der Waals surface area contributed by atoms with Gasteiger partial charge in [0.15, 0.2) is 0 Å². The van der Waals surface area contributed by atoms with Gasteiger partial charge in [0.1, 0.15) is 0 Å². The number of aromatic nitrogens is 1. The second kappa shape index (κ2) is 5.99. The number of rotatable bonds is 4. The second-order valence-electron chi connectivity index (χ2n) is 5.31. The summed E-state index contributed by atoms with van der Waals surface area (Å²) in [6.45, 7) is 5.63. The molecule has 0 unspecified atom stereocenters. The highest BCUT2D eigenvalue weighted by Gasteiger charge is 2.42. The largest absolute Gasteiger partial charge is 0.376 e. The van der Waals surface area contributed by atoms with Crippen molar-refractivity contribution < 1.29 is 9.47 Å². The van der Waals surface area contributed by atoms with Crippen LogP contribution in [0.25, 0.3) is 0 Å². The van der Waals surface area contributed by atoms with Crippen molar-refractivity contribution in [1.29, 1.82) is 0 Å². The summed E-state index contributed by atoms with van der Waals surface area (Å²) in [5, 5.41) is 0. The molecule has 2 fully saturated rings. The molecular weight excluding hydrogens is 240 g/mol. The lowest BCUT2D eigenvalue weighted by molar-refractivity contribution is -0.113. The normalized spacial score (nSPS) is 31.3. The Balaban J connectivity index is 1.66. The van der Waals surface area contributed by atoms with Gasteiger partial charge in [-0.3, -0.25) is 9.88 Å². The highest BCUT2D eigenvalue weighted by atomic mass is 16.5. The van der Waals surface area contributed by atoms with Gasteiger partial charge in [0.05, 0.1) is 18.8 Å². The summed E-state index contributed by atoms with van der Waals surface area (Å²) in [6.07, 6.45) is 6.62. The summed E-state index contributed by atoms with van der Waals surface area (Å²) in [5.41, 5.74) is 1.28. The van der Waals surface area contributed by atoms with E-state index in [4.69, 9.17) is 9.47 Å². The van der Waals surface area contributed by atoms with Crippen LogP contribution >= 0.6 is 0 Å². The van der Waals surface area contributed by atoms with Gasteiger partial charge in [-0.2, -0.15) is 0 Å². The standard InChI is InChI=1S/C15H22N2O2/c1-2-18-14-6-5-13-15(14)19-9-8-17(13)11-12-4-3-7-16-10-12/h3-4,7,10,13-15H,2,5-6,8-9,11H2,1H3/t13-,14+,15+/m0/s1. The van der Waals surface area contributed by atoms with Crippen LogP contribution < -0.4 is 0 Å². The first-order valence-electron chi connectivity index (χ1n) is 7.24. The molecule has 1 saturated heterocycles. The predicted molar refractivity (Wildman–Crippen MR) is 72.8 cm³/mol. The number of nitrogens with zero attached hydrogens (tertiary/aromatic N) is 2. The average molecular weight is 262 g/mol. The Hall–Kier alpha value is -0.970. The van der Waals surface area contributed by atoms with E-state index in [0.29, 0.717) is 6.04 Å². The maximum absolute atomic E-state index is 5.95. The molecule has 1 aliphatic carbocycles. The zero-order valence-electron chi connectivity index (χ0n) is 11.5. The summed E-state index contributed by atoms with van der Waals surface area (Å²) in [5.74, 6) is 0. The Morgan fingerprint density at radius 3 is 3.21 bits per heavy atom. The molecule has 0 amide bonds. The van der Waals surface area contributed by atoms with Gasteiger partial charge in [-0.1, -0.05) is 6.07 Å². The number of morpholine rings is 1. The summed E-state index contributed by atoms with van der Waals surface area (Å²) in [4.78, 5) is 6.73. The molecule has 4 nitrogen and oxygen atoms in total. The fourth-order valence-electron chi connectivity index (χ4n) is 3.31. The Morgan fingerprint density at radius 2 is 2.42 bits per heavy atom. The third-order valence-electron chi connectivity index (χ3n) is 4.14. The molecular formula is C15H22N2O2. The summed E-state index contributed by atoms with van der Waals surface area (Å²) in [7, 11) is 0. The van der Waals surface area contributed by atoms with Gasteiger partial charge in [-0.15, -0.1) is 0 Å². The van der Waals surface area contributed by atoms with Gasteiger partial charge in [0.25, 0.3) is 0 Å². The molecule has 0 N–H and O–H groups in total. The molecule has 0 spiro atoms. The van der Waals surface area contributed by atoms with E-state index in [-0.39, 0.29) is 12.2 Å². The highest BCUT2D eigenvalue weighted by molar-refractivity contribution is 5.09. The monoisotopic (exact) mass is 262 g/mol. The number of pyridine rings is 1. The van der Waals surface area contributed by atoms with E-state index < -0.39 is 0 Å². The van der Waals surface area contributed by atoms with Crippen molar-refractivity contribution in [1.82, 2.24) is 9.88 Å². The van der Waals surface area contributed by atoms with Gasteiger partial charge in [-0.25, -0.2) is 0 Å². The average Bonchev–Trinajstić information content (AvgIpc) is 2.85. The maximum Gasteiger partial charge on any atom is 0.0992 e. The topological polar surface area (TPSA) is 34.6 Å². The van der Waals surface area contributed by atoms with Gasteiger partial charge >= 0.3 is 0 Å². The molecule has 4 heteroatoms. The summed E-state index contributed by atoms with van der Waals surface area (Å²) >= 11 is 0. The van der Waals surface area contributed by atoms with Crippen LogP contribution in [-0.4, -0.2) is 47.9 Å². The Bertz CT molecular complexity index is 398. The first-order valence-corrected chi connectivity index (χ1v) is 7.24. The first-order chi connectivity index (χ1) is 9.38. The minimum absolute atomic E-state index is 0.255. The molecule has 1 aliphatic heterocycles. The molecule has 0 radical (unpaired) electrons. The SMILES string of the molecule is CCO[C@@H]1CC[C@H]2[C@H]1OCCN2Cc1cccnc1. The van der Waals surface area contributed by atoms with Crippen molar-refractivity contribution in [2.24, 2.45) is 0 Å². The molecule has 1 aromatic rings. The molecule has 1 saturated carbocycles. The van der Waals surface area contributed by atoms with E-state index in [1.54, 1.807) is 0 Å². The minimum atomic E-state index is 0.255. The maximum atomic E-state index is 5.95. The van der Waals surface area contributed by atoms with E-state index in [0.717, 1.165) is 32.7 Å². The molecule has 0 bridgehead atoms. The lowest BCUT2D eigenvalue weighted by Gasteiger charge is -2.39. The van der Waals surface area contributed by atoms with Crippen molar-refractivity contribution in [2.75, 3.05) is 19.8 Å². The highest BCUT2D eigenvalue weighted by Crippen LogP contribution is 2.32. The van der Waals surface area contributed by atoms with Crippen LogP contribution in [0.1, 0.15) is 25.3 Å². The minimum Gasteiger partial charge on any atom is -0.376 e. The van der Waals surface area contributed by atoms with Gasteiger partial charge in [-0.05, 0) is 31.4 Å². The van der Waals surface area contributed by atoms with E-state index in [2.05, 4.69) is 22.9 Å². The first kappa shape index (κ1) is 13.0. The Kier molecular flexibility index (Phi) is 4.11. The zero-order valence-corrected chi connectivity index (χ0v) is 11.5. The smallest absolute Gasteiger partial charge is 0.0992 e. The van der Waals surface area contributed by atoms with Gasteiger partial charge < -0.3 is 9.47 Å². The van der Waals surface area contributed by atoms with Crippen molar-refractivity contribution in [3.05, 3.63) is 30.1 Å². The molecule has 3 atom stereocenters. The van der Waals surface area contributed by atoms with E-state index in [9.17, 15) is 0 Å². The van der Waals surface area contributed by atoms with Gasteiger partial charge in [0, 0.05) is 38.1 Å². The van der Waals surface area contributed by atoms with Crippen molar-refractivity contribution >= 4 is 0 Å². The number of hydrogen-bond donors (Lipinski definition) is 0. The second-order valence-corrected chi connectivity index (χ2v) is 5.31. The van der Waals surface area contributed by atoms with E-state index in [1.807, 2.05) is 18.5 Å². The number of ether oxygens (including phenoxy) is 2. The molecule has 1 aromatic heterocycles. The molecule has 2 aliphatic rings. The molecule has 3 rings (SSSR count). The van der Waals surface area contributed by atoms with Crippen LogP contribution in [0, 0.1) is 0 Å². The van der Waals surface area contributed by atoms with Crippen LogP contribution in [0.3, 0.4) is 0 Å². The summed E-state index contributed by atoms with van der Waals surface area (Å²) < 4.78 is 11.8. The van der Waals surface area contributed by atoms with E-state index in [1.165, 1.54) is 12.0 Å². The third-order valence-corrected chi connectivity index (χ3v) is 4.14. The zero-order chi connectivity index (χ0) is 13.1. The Labute approximate surface area is 114 Å². The quantitative estimate of drug-likeness (QED) is 0.829. The molecule has 104 valence electrons. The Morgan fingerprint density at radius 1 is 1.47 bits per heavy atom. The predicted octanol–water partition coefficient (Wildman–Crippen LogP) is 1.85. The van der Waals surface area contributed by atoms with Crippen molar-refractivity contribution in [2.45, 2.75) is 44.6 Å². The van der Waals surface area contributed by atoms with Crippen LogP contribution in [-0.2, 0) is 16.0 Å². The fourth-order valence-corrected chi connectivity index (χ4v) is 3.31. The van der Waals surface area contributed by atoms with Crippen LogP contribution in [0.5, 0.6) is 0 Å². The van der Waals surface area contributed by atoms with Crippen molar-refractivity contribution in [3.63, 3.8) is 0 Å². The lowest BCUT2D eigenvalue weighted by Crippen LogP contribution is -2.51. The van der Waals surface area contributed by atoms with Gasteiger partial charge in [0.2, 0.25) is 0 Å². The lowest BCUT2D eigenvalue weighted by atomic mass is 10.1. The molecule has 19 heavy (non-hydrogen) atoms. The van der Waals surface area contributed by atoms with E-state index >= 15 is 0 Å². The van der Waals surface area contributed by atoms with Crippen LogP contribution in [0.2, 0.25) is 0 Å². The van der Waals surface area contributed by atoms with Crippen LogP contribution in [0.15, 0.2) is 24.5 Å². The molecule has 0 aromatic carbocycles. The summed E-state index contributed by atoms with van der Waals surface area (Å²) in [6, 6.07) is 4.66. The fraction of sp³-hybridized carbons (Fsp3) is 0.667. The molecule has 2 heterocycles. The number of hydrogen-bond acceptors (Lipinski definition) is 4. The third kappa shape index (κ3) is 2.81. The van der Waals surface area contributed by atoms with Crippen LogP contribution in [0.4, 0.5) is 0 Å².